The highest BCUT2D eigenvalue weighted by Gasteiger charge is 2.20. The SMILES string of the molecule is O=C(O)N1CCCCC(CO)C1. The highest BCUT2D eigenvalue weighted by molar-refractivity contribution is 5.64. The van der Waals surface area contributed by atoms with Gasteiger partial charge in [0, 0.05) is 19.7 Å². The minimum absolute atomic E-state index is 0.101. The molecule has 1 amide bonds. The molecule has 12 heavy (non-hydrogen) atoms. The minimum atomic E-state index is -0.865. The van der Waals surface area contributed by atoms with Crippen molar-refractivity contribution in [1.29, 1.82) is 0 Å². The molecule has 0 saturated carbocycles. The number of aliphatic hydroxyl groups is 1. The van der Waals surface area contributed by atoms with Crippen LogP contribution in [0.1, 0.15) is 19.3 Å². The zero-order valence-corrected chi connectivity index (χ0v) is 7.07. The van der Waals surface area contributed by atoms with Crippen molar-refractivity contribution >= 4 is 6.09 Å². The van der Waals surface area contributed by atoms with Crippen LogP contribution in [0.4, 0.5) is 4.79 Å². The van der Waals surface area contributed by atoms with E-state index >= 15 is 0 Å². The molecule has 1 rings (SSSR count). The number of aliphatic hydroxyl groups excluding tert-OH is 1. The average Bonchev–Trinajstić information content (AvgIpc) is 2.28. The maximum Gasteiger partial charge on any atom is 0.407 e. The van der Waals surface area contributed by atoms with E-state index in [1.54, 1.807) is 0 Å². The van der Waals surface area contributed by atoms with Gasteiger partial charge in [0.1, 0.15) is 0 Å². The van der Waals surface area contributed by atoms with Gasteiger partial charge in [0.15, 0.2) is 0 Å². The summed E-state index contributed by atoms with van der Waals surface area (Å²) >= 11 is 0. The monoisotopic (exact) mass is 173 g/mol. The first-order valence-corrected chi connectivity index (χ1v) is 4.32. The number of amides is 1. The van der Waals surface area contributed by atoms with Crippen LogP contribution in [-0.2, 0) is 0 Å². The van der Waals surface area contributed by atoms with Crippen molar-refractivity contribution in [2.75, 3.05) is 19.7 Å². The molecule has 4 heteroatoms. The molecule has 1 atom stereocenters. The maximum absolute atomic E-state index is 10.6. The van der Waals surface area contributed by atoms with Crippen molar-refractivity contribution < 1.29 is 15.0 Å². The number of hydrogen-bond donors (Lipinski definition) is 2. The smallest absolute Gasteiger partial charge is 0.407 e. The van der Waals surface area contributed by atoms with Crippen LogP contribution >= 0.6 is 0 Å². The van der Waals surface area contributed by atoms with Gasteiger partial charge >= 0.3 is 6.09 Å². The predicted molar refractivity (Wildman–Crippen MR) is 44.0 cm³/mol. The lowest BCUT2D eigenvalue weighted by molar-refractivity contribution is 0.129. The van der Waals surface area contributed by atoms with Crippen molar-refractivity contribution in [1.82, 2.24) is 4.90 Å². The van der Waals surface area contributed by atoms with E-state index in [0.29, 0.717) is 13.1 Å². The third kappa shape index (κ3) is 2.37. The molecule has 2 N–H and O–H groups in total. The van der Waals surface area contributed by atoms with Gasteiger partial charge in [-0.25, -0.2) is 4.79 Å². The van der Waals surface area contributed by atoms with Crippen molar-refractivity contribution in [3.8, 4) is 0 Å². The zero-order chi connectivity index (χ0) is 8.97. The molecular weight excluding hydrogens is 158 g/mol. The second kappa shape index (κ2) is 4.30. The highest BCUT2D eigenvalue weighted by atomic mass is 16.4. The first kappa shape index (κ1) is 9.32. The zero-order valence-electron chi connectivity index (χ0n) is 7.07. The summed E-state index contributed by atoms with van der Waals surface area (Å²) in [6, 6.07) is 0. The molecule has 4 nitrogen and oxygen atoms in total. The summed E-state index contributed by atoms with van der Waals surface area (Å²) in [5.41, 5.74) is 0. The average molecular weight is 173 g/mol. The molecule has 0 aromatic heterocycles. The normalized spacial score (nSPS) is 25.1. The Labute approximate surface area is 71.8 Å². The number of hydrogen-bond acceptors (Lipinski definition) is 2. The summed E-state index contributed by atoms with van der Waals surface area (Å²) in [5.74, 6) is 0.142. The van der Waals surface area contributed by atoms with Gasteiger partial charge in [-0.05, 0) is 18.8 Å². The van der Waals surface area contributed by atoms with Crippen LogP contribution in [0.15, 0.2) is 0 Å². The van der Waals surface area contributed by atoms with E-state index in [2.05, 4.69) is 0 Å². The van der Waals surface area contributed by atoms with Crippen molar-refractivity contribution in [3.05, 3.63) is 0 Å². The number of nitrogens with zero attached hydrogens (tertiary/aromatic N) is 1. The first-order chi connectivity index (χ1) is 5.74. The summed E-state index contributed by atoms with van der Waals surface area (Å²) < 4.78 is 0. The molecule has 0 aliphatic carbocycles. The van der Waals surface area contributed by atoms with Crippen LogP contribution in [0.3, 0.4) is 0 Å². The molecule has 1 saturated heterocycles. The molecule has 1 unspecified atom stereocenters. The number of likely N-dealkylation sites (tertiary alicyclic amines) is 1. The summed E-state index contributed by atoms with van der Waals surface area (Å²) in [4.78, 5) is 12.0. The Balaban J connectivity index is 2.47. The van der Waals surface area contributed by atoms with Crippen LogP contribution in [0.25, 0.3) is 0 Å². The van der Waals surface area contributed by atoms with Gasteiger partial charge in [-0.1, -0.05) is 6.42 Å². The second-order valence-corrected chi connectivity index (χ2v) is 3.27. The molecule has 1 heterocycles. The fourth-order valence-electron chi connectivity index (χ4n) is 1.55. The number of carbonyl (C=O) groups is 1. The van der Waals surface area contributed by atoms with E-state index in [0.717, 1.165) is 19.3 Å². The van der Waals surface area contributed by atoms with E-state index in [9.17, 15) is 4.79 Å². The maximum atomic E-state index is 10.6. The van der Waals surface area contributed by atoms with Crippen LogP contribution < -0.4 is 0 Å². The van der Waals surface area contributed by atoms with E-state index in [1.807, 2.05) is 0 Å². The largest absolute Gasteiger partial charge is 0.465 e. The summed E-state index contributed by atoms with van der Waals surface area (Å²) in [7, 11) is 0. The van der Waals surface area contributed by atoms with Gasteiger partial charge in [-0.2, -0.15) is 0 Å². The molecule has 0 radical (unpaired) electrons. The van der Waals surface area contributed by atoms with Gasteiger partial charge in [0.05, 0.1) is 0 Å². The molecule has 0 bridgehead atoms. The molecular formula is C8H15NO3. The van der Waals surface area contributed by atoms with E-state index in [-0.39, 0.29) is 12.5 Å². The number of carboxylic acid groups (broad SMARTS) is 1. The van der Waals surface area contributed by atoms with Gasteiger partial charge in [0.2, 0.25) is 0 Å². The summed E-state index contributed by atoms with van der Waals surface area (Å²) in [5, 5.41) is 17.6. The summed E-state index contributed by atoms with van der Waals surface area (Å²) in [6.45, 7) is 1.21. The third-order valence-corrected chi connectivity index (χ3v) is 2.30. The Bertz CT molecular complexity index is 160. The minimum Gasteiger partial charge on any atom is -0.465 e. The number of rotatable bonds is 1. The molecule has 0 aromatic carbocycles. The van der Waals surface area contributed by atoms with Gasteiger partial charge in [-0.15, -0.1) is 0 Å². The Morgan fingerprint density at radius 2 is 2.25 bits per heavy atom. The Morgan fingerprint density at radius 1 is 1.50 bits per heavy atom. The molecule has 1 aliphatic rings. The Morgan fingerprint density at radius 3 is 2.83 bits per heavy atom. The molecule has 0 aromatic rings. The first-order valence-electron chi connectivity index (χ1n) is 4.32. The van der Waals surface area contributed by atoms with Crippen molar-refractivity contribution in [2.24, 2.45) is 5.92 Å². The van der Waals surface area contributed by atoms with E-state index in [4.69, 9.17) is 10.2 Å². The van der Waals surface area contributed by atoms with E-state index in [1.165, 1.54) is 4.90 Å². The third-order valence-electron chi connectivity index (χ3n) is 2.30. The lowest BCUT2D eigenvalue weighted by atomic mass is 10.1. The van der Waals surface area contributed by atoms with Crippen LogP contribution in [-0.4, -0.2) is 40.9 Å². The van der Waals surface area contributed by atoms with Gasteiger partial charge < -0.3 is 15.1 Å². The lowest BCUT2D eigenvalue weighted by Crippen LogP contribution is -2.34. The van der Waals surface area contributed by atoms with Crippen molar-refractivity contribution in [2.45, 2.75) is 19.3 Å². The topological polar surface area (TPSA) is 60.8 Å². The van der Waals surface area contributed by atoms with Gasteiger partial charge in [-0.3, -0.25) is 0 Å². The Hall–Kier alpha value is -0.770. The van der Waals surface area contributed by atoms with Crippen LogP contribution in [0.5, 0.6) is 0 Å². The van der Waals surface area contributed by atoms with Gasteiger partial charge in [0.25, 0.3) is 0 Å². The van der Waals surface area contributed by atoms with Crippen LogP contribution in [0.2, 0.25) is 0 Å². The highest BCUT2D eigenvalue weighted by Crippen LogP contribution is 2.15. The summed E-state index contributed by atoms with van der Waals surface area (Å²) in [6.07, 6.45) is 2.02. The van der Waals surface area contributed by atoms with E-state index < -0.39 is 6.09 Å². The fourth-order valence-corrected chi connectivity index (χ4v) is 1.55. The predicted octanol–water partition coefficient (Wildman–Crippen LogP) is 0.759. The lowest BCUT2D eigenvalue weighted by Gasteiger charge is -2.19. The second-order valence-electron chi connectivity index (χ2n) is 3.27. The molecule has 0 spiro atoms. The van der Waals surface area contributed by atoms with Crippen LogP contribution in [0, 0.1) is 5.92 Å². The molecule has 70 valence electrons. The molecule has 1 aliphatic heterocycles. The Kier molecular flexibility index (Phi) is 3.34. The standard InChI is InChI=1S/C8H15NO3/c10-6-7-3-1-2-4-9(5-7)8(11)12/h7,10H,1-6H2,(H,11,12). The fraction of sp³-hybridized carbons (Fsp3) is 0.875. The molecule has 1 fully saturated rings. The quantitative estimate of drug-likeness (QED) is 0.615. The van der Waals surface area contributed by atoms with Crippen molar-refractivity contribution in [3.63, 3.8) is 0 Å².